The van der Waals surface area contributed by atoms with Gasteiger partial charge in [-0.3, -0.25) is 4.79 Å². The molecule has 0 saturated carbocycles. The molecule has 0 heterocycles. The fraction of sp³-hybridized carbons (Fsp3) is 0.235. The maximum absolute atomic E-state index is 11.5. The number of benzene rings is 2. The van der Waals surface area contributed by atoms with Gasteiger partial charge < -0.3 is 5.73 Å². The number of carbonyl (C=O) groups is 1. The number of rotatable bonds is 2. The summed E-state index contributed by atoms with van der Waals surface area (Å²) in [6, 6.07) is 14.1. The average molecular weight is 251 g/mol. The molecular formula is C17H17NO. The maximum Gasteiger partial charge on any atom is 0.249 e. The minimum absolute atomic E-state index is 0.367. The third-order valence-corrected chi connectivity index (χ3v) is 3.85. The van der Waals surface area contributed by atoms with E-state index in [1.54, 1.807) is 6.07 Å². The van der Waals surface area contributed by atoms with Crippen molar-refractivity contribution in [1.29, 1.82) is 0 Å². The van der Waals surface area contributed by atoms with Crippen molar-refractivity contribution in [3.63, 3.8) is 0 Å². The summed E-state index contributed by atoms with van der Waals surface area (Å²) in [5.74, 6) is -0.367. The van der Waals surface area contributed by atoms with Crippen LogP contribution >= 0.6 is 0 Å². The van der Waals surface area contributed by atoms with Crippen LogP contribution in [-0.2, 0) is 12.8 Å². The molecule has 0 aromatic heterocycles. The Morgan fingerprint density at radius 2 is 1.68 bits per heavy atom. The molecule has 0 radical (unpaired) electrons. The second-order valence-electron chi connectivity index (χ2n) is 5.10. The molecule has 0 atom stereocenters. The molecule has 1 aliphatic rings. The van der Waals surface area contributed by atoms with Crippen molar-refractivity contribution in [2.24, 2.45) is 5.73 Å². The van der Waals surface area contributed by atoms with Crippen LogP contribution in [0.1, 0.15) is 34.3 Å². The van der Waals surface area contributed by atoms with Crippen molar-refractivity contribution in [2.45, 2.75) is 25.7 Å². The summed E-state index contributed by atoms with van der Waals surface area (Å²) < 4.78 is 0. The molecule has 96 valence electrons. The smallest absolute Gasteiger partial charge is 0.249 e. The molecule has 0 fully saturated rings. The molecule has 1 aliphatic carbocycles. The third kappa shape index (κ3) is 2.26. The van der Waals surface area contributed by atoms with E-state index in [1.807, 2.05) is 18.2 Å². The minimum atomic E-state index is -0.367. The first-order valence-corrected chi connectivity index (χ1v) is 6.77. The molecular weight excluding hydrogens is 234 g/mol. The van der Waals surface area contributed by atoms with E-state index in [1.165, 1.54) is 30.4 Å². The van der Waals surface area contributed by atoms with Gasteiger partial charge in [-0.2, -0.15) is 0 Å². The lowest BCUT2D eigenvalue weighted by Gasteiger charge is -2.17. The van der Waals surface area contributed by atoms with Crippen LogP contribution in [0, 0.1) is 0 Å². The summed E-state index contributed by atoms with van der Waals surface area (Å²) in [5.41, 5.74) is 10.9. The molecule has 0 spiro atoms. The number of fused-ring (bicyclic) bond motifs is 1. The van der Waals surface area contributed by atoms with Gasteiger partial charge in [0.1, 0.15) is 0 Å². The first-order chi connectivity index (χ1) is 9.25. The first kappa shape index (κ1) is 12.0. The second-order valence-corrected chi connectivity index (χ2v) is 5.10. The Balaban J connectivity index is 2.10. The molecule has 2 aromatic carbocycles. The van der Waals surface area contributed by atoms with Gasteiger partial charge in [0.25, 0.3) is 0 Å². The van der Waals surface area contributed by atoms with Gasteiger partial charge in [0, 0.05) is 5.56 Å². The van der Waals surface area contributed by atoms with Gasteiger partial charge in [0.15, 0.2) is 0 Å². The van der Waals surface area contributed by atoms with Crippen LogP contribution in [-0.4, -0.2) is 5.91 Å². The van der Waals surface area contributed by atoms with E-state index in [4.69, 9.17) is 5.73 Å². The summed E-state index contributed by atoms with van der Waals surface area (Å²) in [6.07, 6.45) is 4.85. The van der Waals surface area contributed by atoms with Crippen LogP contribution in [0.2, 0.25) is 0 Å². The lowest BCUT2D eigenvalue weighted by atomic mass is 9.88. The molecule has 0 bridgehead atoms. The van der Waals surface area contributed by atoms with Crippen LogP contribution in [0.4, 0.5) is 0 Å². The molecule has 0 unspecified atom stereocenters. The zero-order chi connectivity index (χ0) is 13.2. The van der Waals surface area contributed by atoms with Gasteiger partial charge in [-0.1, -0.05) is 36.4 Å². The molecule has 2 heteroatoms. The Hall–Kier alpha value is -2.09. The molecule has 0 saturated heterocycles. The summed E-state index contributed by atoms with van der Waals surface area (Å²) in [5, 5.41) is 0. The second kappa shape index (κ2) is 4.88. The Kier molecular flexibility index (Phi) is 3.08. The van der Waals surface area contributed by atoms with Crippen LogP contribution in [0.15, 0.2) is 42.5 Å². The minimum Gasteiger partial charge on any atom is -0.366 e. The molecule has 2 aromatic rings. The van der Waals surface area contributed by atoms with E-state index in [-0.39, 0.29) is 5.91 Å². The molecule has 0 aliphatic heterocycles. The van der Waals surface area contributed by atoms with Crippen LogP contribution in [0.5, 0.6) is 0 Å². The lowest BCUT2D eigenvalue weighted by molar-refractivity contribution is 0.100. The highest BCUT2D eigenvalue weighted by atomic mass is 16.1. The predicted octanol–water partition coefficient (Wildman–Crippen LogP) is 3.33. The average Bonchev–Trinajstić information content (AvgIpc) is 2.46. The highest BCUT2D eigenvalue weighted by Crippen LogP contribution is 2.29. The highest BCUT2D eigenvalue weighted by molar-refractivity contribution is 5.99. The molecule has 2 nitrogen and oxygen atoms in total. The number of nitrogens with two attached hydrogens (primary N) is 1. The van der Waals surface area contributed by atoms with Gasteiger partial charge in [-0.05, 0) is 54.0 Å². The monoisotopic (exact) mass is 251 g/mol. The van der Waals surface area contributed by atoms with E-state index in [0.717, 1.165) is 17.5 Å². The number of amides is 1. The maximum atomic E-state index is 11.5. The van der Waals surface area contributed by atoms with Crippen molar-refractivity contribution >= 4 is 5.91 Å². The Labute approximate surface area is 113 Å². The van der Waals surface area contributed by atoms with E-state index in [2.05, 4.69) is 18.2 Å². The number of carbonyl (C=O) groups excluding carboxylic acids is 1. The Morgan fingerprint density at radius 3 is 2.47 bits per heavy atom. The SMILES string of the molecule is NC(=O)c1ccccc1-c1ccc2c(c1)CCCC2. The van der Waals surface area contributed by atoms with Crippen molar-refractivity contribution in [3.8, 4) is 11.1 Å². The third-order valence-electron chi connectivity index (χ3n) is 3.85. The topological polar surface area (TPSA) is 43.1 Å². The quantitative estimate of drug-likeness (QED) is 0.874. The number of hydrogen-bond acceptors (Lipinski definition) is 1. The summed E-state index contributed by atoms with van der Waals surface area (Å²) in [4.78, 5) is 11.5. The Bertz CT molecular complexity index is 631. The number of aryl methyl sites for hydroxylation is 2. The molecule has 1 amide bonds. The number of primary amides is 1. The van der Waals surface area contributed by atoms with Gasteiger partial charge in [-0.15, -0.1) is 0 Å². The summed E-state index contributed by atoms with van der Waals surface area (Å²) in [7, 11) is 0. The first-order valence-electron chi connectivity index (χ1n) is 6.77. The van der Waals surface area contributed by atoms with Crippen molar-refractivity contribution in [2.75, 3.05) is 0 Å². The zero-order valence-corrected chi connectivity index (χ0v) is 10.9. The predicted molar refractivity (Wildman–Crippen MR) is 77.0 cm³/mol. The van der Waals surface area contributed by atoms with E-state index < -0.39 is 0 Å². The van der Waals surface area contributed by atoms with Gasteiger partial charge in [0.2, 0.25) is 5.91 Å². The van der Waals surface area contributed by atoms with Crippen molar-refractivity contribution in [1.82, 2.24) is 0 Å². The van der Waals surface area contributed by atoms with E-state index in [9.17, 15) is 4.79 Å². The van der Waals surface area contributed by atoms with Crippen LogP contribution in [0.3, 0.4) is 0 Å². The largest absolute Gasteiger partial charge is 0.366 e. The van der Waals surface area contributed by atoms with E-state index >= 15 is 0 Å². The standard InChI is InChI=1S/C17H17NO/c18-17(19)16-8-4-3-7-15(16)14-10-9-12-5-1-2-6-13(12)11-14/h3-4,7-11H,1-2,5-6H2,(H2,18,19). The fourth-order valence-corrected chi connectivity index (χ4v) is 2.85. The van der Waals surface area contributed by atoms with Crippen LogP contribution < -0.4 is 5.73 Å². The van der Waals surface area contributed by atoms with Gasteiger partial charge >= 0.3 is 0 Å². The normalized spacial score (nSPS) is 13.9. The zero-order valence-electron chi connectivity index (χ0n) is 10.9. The molecule has 19 heavy (non-hydrogen) atoms. The van der Waals surface area contributed by atoms with Crippen molar-refractivity contribution in [3.05, 3.63) is 59.2 Å². The van der Waals surface area contributed by atoms with Gasteiger partial charge in [0.05, 0.1) is 0 Å². The summed E-state index contributed by atoms with van der Waals surface area (Å²) in [6.45, 7) is 0. The van der Waals surface area contributed by atoms with Crippen molar-refractivity contribution < 1.29 is 4.79 Å². The lowest BCUT2D eigenvalue weighted by Crippen LogP contribution is -2.12. The van der Waals surface area contributed by atoms with Crippen LogP contribution in [0.25, 0.3) is 11.1 Å². The number of hydrogen-bond donors (Lipinski definition) is 1. The molecule has 2 N–H and O–H groups in total. The fourth-order valence-electron chi connectivity index (χ4n) is 2.85. The van der Waals surface area contributed by atoms with E-state index in [0.29, 0.717) is 5.56 Å². The Morgan fingerprint density at radius 1 is 0.947 bits per heavy atom. The summed E-state index contributed by atoms with van der Waals surface area (Å²) >= 11 is 0. The van der Waals surface area contributed by atoms with Gasteiger partial charge in [-0.25, -0.2) is 0 Å². The highest BCUT2D eigenvalue weighted by Gasteiger charge is 2.13. The molecule has 3 rings (SSSR count).